The molecule has 2 aromatic rings. The van der Waals surface area contributed by atoms with Crippen LogP contribution in [0.2, 0.25) is 0 Å². The molecule has 1 aliphatic heterocycles. The van der Waals surface area contributed by atoms with Gasteiger partial charge in [-0.05, 0) is 50.1 Å². The Kier molecular flexibility index (Phi) is 4.55. The minimum absolute atomic E-state index is 0.146. The van der Waals surface area contributed by atoms with Crippen LogP contribution in [0.25, 0.3) is 5.70 Å². The number of methoxy groups -OCH3 is 1. The van der Waals surface area contributed by atoms with Crippen molar-refractivity contribution in [3.63, 3.8) is 0 Å². The Bertz CT molecular complexity index is 913. The maximum atomic E-state index is 12.8. The summed E-state index contributed by atoms with van der Waals surface area (Å²) >= 11 is 0. The van der Waals surface area contributed by atoms with E-state index in [0.717, 1.165) is 23.2 Å². The number of allylic oxidation sites excluding steroid dienone is 1. The van der Waals surface area contributed by atoms with Crippen LogP contribution in [-0.2, 0) is 6.42 Å². The Balaban J connectivity index is 2.06. The molecule has 5 nitrogen and oxygen atoms in total. The quantitative estimate of drug-likeness (QED) is 0.656. The van der Waals surface area contributed by atoms with Crippen LogP contribution in [0.3, 0.4) is 0 Å². The number of benzene rings is 2. The van der Waals surface area contributed by atoms with Crippen LogP contribution in [0.15, 0.2) is 48.5 Å². The number of hydrogen-bond donors (Lipinski definition) is 2. The predicted molar refractivity (Wildman–Crippen MR) is 101 cm³/mol. The highest BCUT2D eigenvalue weighted by Gasteiger charge is 2.28. The zero-order valence-electron chi connectivity index (χ0n) is 15.1. The summed E-state index contributed by atoms with van der Waals surface area (Å²) in [7, 11) is 1.54. The van der Waals surface area contributed by atoms with Gasteiger partial charge in [-0.1, -0.05) is 18.2 Å². The molecular formula is C21H22N2O3. The first-order chi connectivity index (χ1) is 12.3. The van der Waals surface area contributed by atoms with Crippen molar-refractivity contribution in [3.8, 4) is 5.75 Å². The highest BCUT2D eigenvalue weighted by Crippen LogP contribution is 2.31. The SMILES string of the molecule is COc1ccccc1C(=O)C=C1NC(C)(C)Cc2cc(C(N)=O)ccc21. The zero-order chi connectivity index (χ0) is 18.9. The van der Waals surface area contributed by atoms with Crippen molar-refractivity contribution < 1.29 is 14.3 Å². The molecule has 3 rings (SSSR count). The first-order valence-corrected chi connectivity index (χ1v) is 8.41. The molecule has 5 heteroatoms. The van der Waals surface area contributed by atoms with E-state index in [1.54, 1.807) is 37.5 Å². The van der Waals surface area contributed by atoms with Gasteiger partial charge in [-0.15, -0.1) is 0 Å². The first-order valence-electron chi connectivity index (χ1n) is 8.41. The van der Waals surface area contributed by atoms with E-state index < -0.39 is 5.91 Å². The number of ether oxygens (including phenoxy) is 1. The van der Waals surface area contributed by atoms with Crippen molar-refractivity contribution in [2.45, 2.75) is 25.8 Å². The lowest BCUT2D eigenvalue weighted by atomic mass is 9.84. The molecule has 1 aliphatic rings. The number of primary amides is 1. The molecule has 3 N–H and O–H groups in total. The van der Waals surface area contributed by atoms with Gasteiger partial charge in [0.05, 0.1) is 12.7 Å². The van der Waals surface area contributed by atoms with Gasteiger partial charge in [-0.3, -0.25) is 9.59 Å². The van der Waals surface area contributed by atoms with Crippen LogP contribution in [0.4, 0.5) is 0 Å². The highest BCUT2D eigenvalue weighted by molar-refractivity contribution is 6.10. The van der Waals surface area contributed by atoms with E-state index in [1.165, 1.54) is 0 Å². The normalized spacial score (nSPS) is 16.5. The summed E-state index contributed by atoms with van der Waals surface area (Å²) in [6.45, 7) is 4.10. The number of para-hydroxylation sites is 1. The standard InChI is InChI=1S/C21H22N2O3/c1-21(2)12-14-10-13(20(22)25)8-9-15(14)17(23-21)11-18(24)16-6-4-5-7-19(16)26-3/h4-11,23H,12H2,1-3H3,(H2,22,25). The topological polar surface area (TPSA) is 81.4 Å². The molecule has 0 unspecified atom stereocenters. The second-order valence-corrected chi connectivity index (χ2v) is 7.04. The summed E-state index contributed by atoms with van der Waals surface area (Å²) < 4.78 is 5.29. The summed E-state index contributed by atoms with van der Waals surface area (Å²) in [4.78, 5) is 24.3. The Morgan fingerprint density at radius 1 is 1.19 bits per heavy atom. The minimum atomic E-state index is -0.459. The van der Waals surface area contributed by atoms with E-state index in [9.17, 15) is 9.59 Å². The van der Waals surface area contributed by atoms with Gasteiger partial charge < -0.3 is 15.8 Å². The third kappa shape index (κ3) is 3.47. The largest absolute Gasteiger partial charge is 0.496 e. The second-order valence-electron chi connectivity index (χ2n) is 7.04. The van der Waals surface area contributed by atoms with Crippen LogP contribution in [0.5, 0.6) is 5.75 Å². The van der Waals surface area contributed by atoms with Crippen molar-refractivity contribution in [2.75, 3.05) is 7.11 Å². The number of hydrogen-bond acceptors (Lipinski definition) is 4. The molecule has 0 atom stereocenters. The Labute approximate surface area is 152 Å². The fraction of sp³-hybridized carbons (Fsp3) is 0.238. The fourth-order valence-electron chi connectivity index (χ4n) is 3.28. The van der Waals surface area contributed by atoms with E-state index in [0.29, 0.717) is 16.9 Å². The molecule has 1 amide bonds. The molecular weight excluding hydrogens is 328 g/mol. The van der Waals surface area contributed by atoms with E-state index in [-0.39, 0.29) is 11.3 Å². The average molecular weight is 350 g/mol. The molecule has 0 fully saturated rings. The van der Waals surface area contributed by atoms with Gasteiger partial charge in [-0.2, -0.15) is 0 Å². The van der Waals surface area contributed by atoms with Crippen LogP contribution in [-0.4, -0.2) is 24.3 Å². The number of carbonyl (C=O) groups is 2. The number of carbonyl (C=O) groups excluding carboxylic acids is 2. The minimum Gasteiger partial charge on any atom is -0.496 e. The van der Waals surface area contributed by atoms with Gasteiger partial charge in [0, 0.05) is 28.4 Å². The van der Waals surface area contributed by atoms with E-state index >= 15 is 0 Å². The molecule has 2 aromatic carbocycles. The Morgan fingerprint density at radius 2 is 1.92 bits per heavy atom. The van der Waals surface area contributed by atoms with Crippen molar-refractivity contribution >= 4 is 17.4 Å². The third-order valence-corrected chi connectivity index (χ3v) is 4.43. The Hall–Kier alpha value is -3.08. The zero-order valence-corrected chi connectivity index (χ0v) is 15.1. The van der Waals surface area contributed by atoms with Crippen molar-refractivity contribution in [1.29, 1.82) is 0 Å². The molecule has 134 valence electrons. The van der Waals surface area contributed by atoms with Crippen LogP contribution < -0.4 is 15.8 Å². The van der Waals surface area contributed by atoms with Crippen LogP contribution in [0.1, 0.15) is 45.7 Å². The summed E-state index contributed by atoms with van der Waals surface area (Å²) in [6, 6.07) is 12.5. The molecule has 0 radical (unpaired) electrons. The monoisotopic (exact) mass is 350 g/mol. The van der Waals surface area contributed by atoms with Gasteiger partial charge in [-0.25, -0.2) is 0 Å². The summed E-state index contributed by atoms with van der Waals surface area (Å²) in [5.74, 6) is -0.0685. The molecule has 0 bridgehead atoms. The summed E-state index contributed by atoms with van der Waals surface area (Å²) in [6.07, 6.45) is 2.31. The van der Waals surface area contributed by atoms with E-state index in [2.05, 4.69) is 5.32 Å². The molecule has 26 heavy (non-hydrogen) atoms. The maximum Gasteiger partial charge on any atom is 0.248 e. The van der Waals surface area contributed by atoms with Gasteiger partial charge in [0.25, 0.3) is 0 Å². The smallest absolute Gasteiger partial charge is 0.248 e. The molecule has 0 aromatic heterocycles. The van der Waals surface area contributed by atoms with Crippen LogP contribution in [0, 0.1) is 0 Å². The highest BCUT2D eigenvalue weighted by atomic mass is 16.5. The van der Waals surface area contributed by atoms with E-state index in [1.807, 2.05) is 32.0 Å². The number of rotatable bonds is 4. The maximum absolute atomic E-state index is 12.8. The van der Waals surface area contributed by atoms with Gasteiger partial charge in [0.1, 0.15) is 5.75 Å². The van der Waals surface area contributed by atoms with Crippen molar-refractivity contribution in [3.05, 3.63) is 70.8 Å². The second kappa shape index (κ2) is 6.67. The number of nitrogens with one attached hydrogen (secondary N) is 1. The van der Waals surface area contributed by atoms with Crippen molar-refractivity contribution in [1.82, 2.24) is 5.32 Å². The molecule has 0 spiro atoms. The first kappa shape index (κ1) is 17.7. The molecule has 0 aliphatic carbocycles. The summed E-state index contributed by atoms with van der Waals surface area (Å²) in [5.41, 5.74) is 8.73. The van der Waals surface area contributed by atoms with Gasteiger partial charge in [0.2, 0.25) is 5.91 Å². The molecule has 0 saturated carbocycles. The van der Waals surface area contributed by atoms with E-state index in [4.69, 9.17) is 10.5 Å². The lowest BCUT2D eigenvalue weighted by Crippen LogP contribution is -2.44. The number of nitrogens with two attached hydrogens (primary N) is 1. The van der Waals surface area contributed by atoms with Crippen LogP contribution >= 0.6 is 0 Å². The predicted octanol–water partition coefficient (Wildman–Crippen LogP) is 2.94. The number of ketones is 1. The van der Waals surface area contributed by atoms with Gasteiger partial charge in [0.15, 0.2) is 5.78 Å². The van der Waals surface area contributed by atoms with Crippen molar-refractivity contribution in [2.24, 2.45) is 5.73 Å². The fourth-order valence-corrected chi connectivity index (χ4v) is 3.28. The third-order valence-electron chi connectivity index (χ3n) is 4.43. The Morgan fingerprint density at radius 3 is 2.62 bits per heavy atom. The van der Waals surface area contributed by atoms with Gasteiger partial charge >= 0.3 is 0 Å². The summed E-state index contributed by atoms with van der Waals surface area (Å²) in [5, 5.41) is 3.42. The number of amides is 1. The molecule has 1 heterocycles. The molecule has 0 saturated heterocycles. The lowest BCUT2D eigenvalue weighted by Gasteiger charge is -2.35. The average Bonchev–Trinajstić information content (AvgIpc) is 2.60. The number of fused-ring (bicyclic) bond motifs is 1. The lowest BCUT2D eigenvalue weighted by molar-refractivity contribution is 0.0998.